The van der Waals surface area contributed by atoms with Crippen molar-refractivity contribution in [1.29, 1.82) is 0 Å². The van der Waals surface area contributed by atoms with Gasteiger partial charge in [-0.05, 0) is 29.8 Å². The van der Waals surface area contributed by atoms with Crippen molar-refractivity contribution in [3.8, 4) is 5.75 Å². The minimum absolute atomic E-state index is 0.160. The lowest BCUT2D eigenvalue weighted by molar-refractivity contribution is 0.302. The molecule has 0 N–H and O–H groups in total. The molecule has 0 aromatic heterocycles. The van der Waals surface area contributed by atoms with Crippen LogP contribution in [0.15, 0.2) is 54.6 Å². The van der Waals surface area contributed by atoms with Gasteiger partial charge in [0.25, 0.3) is 6.72 Å². The summed E-state index contributed by atoms with van der Waals surface area (Å²) in [6.45, 7) is -0.589. The second-order valence-corrected chi connectivity index (χ2v) is 7.85. The Balaban J connectivity index is 2.08. The van der Waals surface area contributed by atoms with Crippen molar-refractivity contribution in [1.82, 2.24) is 0 Å². The Morgan fingerprint density at radius 3 is 2.43 bits per heavy atom. The van der Waals surface area contributed by atoms with Crippen molar-refractivity contribution in [3.63, 3.8) is 0 Å². The number of ether oxygens (including phenoxy) is 1. The number of para-hydroxylation sites is 1. The third-order valence-corrected chi connectivity index (χ3v) is 4.90. The van der Waals surface area contributed by atoms with E-state index in [1.165, 1.54) is 0 Å². The average molecular weight is 325 g/mol. The van der Waals surface area contributed by atoms with Crippen LogP contribution in [0.25, 0.3) is 0 Å². The van der Waals surface area contributed by atoms with Crippen LogP contribution < -0.4 is 4.74 Å². The van der Waals surface area contributed by atoms with Gasteiger partial charge in [0.1, 0.15) is 12.4 Å². The highest BCUT2D eigenvalue weighted by molar-refractivity contribution is 7.84. The molecular formula is C16H18ClO3P. The Morgan fingerprint density at radius 2 is 1.71 bits per heavy atom. The van der Waals surface area contributed by atoms with Gasteiger partial charge in [-0.2, -0.15) is 0 Å². The zero-order valence-electron chi connectivity index (χ0n) is 11.9. The van der Waals surface area contributed by atoms with Gasteiger partial charge >= 0.3 is 0 Å². The predicted octanol–water partition coefficient (Wildman–Crippen LogP) is 5.23. The molecule has 2 aromatic carbocycles. The van der Waals surface area contributed by atoms with Gasteiger partial charge < -0.3 is 9.26 Å². The third-order valence-electron chi connectivity index (χ3n) is 2.89. The summed E-state index contributed by atoms with van der Waals surface area (Å²) in [5.41, 5.74) is 1.87. The summed E-state index contributed by atoms with van der Waals surface area (Å²) in [7, 11) is 0. The summed E-state index contributed by atoms with van der Waals surface area (Å²) in [6, 6.07) is 17.3. The molecule has 0 radical (unpaired) electrons. The van der Waals surface area contributed by atoms with E-state index in [2.05, 4.69) is 0 Å². The molecule has 0 aliphatic rings. The number of hydrogen-bond acceptors (Lipinski definition) is 3. The van der Waals surface area contributed by atoms with Crippen LogP contribution in [0.4, 0.5) is 0 Å². The number of halogens is 1. The number of benzene rings is 2. The number of rotatable bonds is 7. The van der Waals surface area contributed by atoms with Crippen molar-refractivity contribution >= 4 is 18.0 Å². The highest BCUT2D eigenvalue weighted by Crippen LogP contribution is 2.56. The molecule has 0 saturated carbocycles. The zero-order chi connectivity index (χ0) is 15.1. The first-order chi connectivity index (χ1) is 10.1. The van der Waals surface area contributed by atoms with Gasteiger partial charge in [0.15, 0.2) is 0 Å². The quantitative estimate of drug-likeness (QED) is 0.654. The zero-order valence-corrected chi connectivity index (χ0v) is 13.5. The summed E-state index contributed by atoms with van der Waals surface area (Å²) >= 11 is 5.94. The first-order valence-electron chi connectivity index (χ1n) is 6.78. The molecule has 0 aliphatic heterocycles. The SMILES string of the molecule is CCOP(=O)(Cl)Cc1ccccc1OCc1ccccc1. The maximum absolute atomic E-state index is 12.1. The van der Waals surface area contributed by atoms with Gasteiger partial charge in [-0.15, -0.1) is 0 Å². The average Bonchev–Trinajstić information content (AvgIpc) is 2.47. The normalized spacial score (nSPS) is 13.6. The molecule has 112 valence electrons. The lowest BCUT2D eigenvalue weighted by Gasteiger charge is -2.14. The van der Waals surface area contributed by atoms with Crippen molar-refractivity contribution < 1.29 is 13.8 Å². The highest BCUT2D eigenvalue weighted by Gasteiger charge is 2.21. The van der Waals surface area contributed by atoms with Crippen LogP contribution in [0.2, 0.25) is 0 Å². The van der Waals surface area contributed by atoms with Gasteiger partial charge in [-0.25, -0.2) is 0 Å². The van der Waals surface area contributed by atoms with Gasteiger partial charge in [-0.3, -0.25) is 4.57 Å². The Morgan fingerprint density at radius 1 is 1.05 bits per heavy atom. The molecule has 0 amide bonds. The van der Waals surface area contributed by atoms with Gasteiger partial charge in [0.05, 0.1) is 12.8 Å². The van der Waals surface area contributed by atoms with Gasteiger partial charge in [0, 0.05) is 5.56 Å². The van der Waals surface area contributed by atoms with Crippen molar-refractivity contribution in [2.45, 2.75) is 19.7 Å². The summed E-state index contributed by atoms with van der Waals surface area (Å²) < 4.78 is 23.0. The molecule has 2 aromatic rings. The molecule has 0 heterocycles. The third kappa shape index (κ3) is 5.20. The largest absolute Gasteiger partial charge is 0.489 e. The minimum Gasteiger partial charge on any atom is -0.489 e. The second kappa shape index (κ2) is 7.65. The van der Waals surface area contributed by atoms with E-state index in [-0.39, 0.29) is 6.16 Å². The van der Waals surface area contributed by atoms with E-state index < -0.39 is 6.72 Å². The van der Waals surface area contributed by atoms with Crippen LogP contribution in [-0.2, 0) is 21.9 Å². The van der Waals surface area contributed by atoms with Gasteiger partial charge in [0.2, 0.25) is 0 Å². The van der Waals surface area contributed by atoms with Crippen LogP contribution in [0.3, 0.4) is 0 Å². The molecule has 0 bridgehead atoms. The first-order valence-corrected chi connectivity index (χ1v) is 9.50. The maximum Gasteiger partial charge on any atom is 0.294 e. The lowest BCUT2D eigenvalue weighted by Crippen LogP contribution is -1.99. The molecule has 0 saturated heterocycles. The van der Waals surface area contributed by atoms with Crippen molar-refractivity contribution in [3.05, 3.63) is 65.7 Å². The molecule has 1 unspecified atom stereocenters. The molecule has 21 heavy (non-hydrogen) atoms. The van der Waals surface area contributed by atoms with Crippen molar-refractivity contribution in [2.75, 3.05) is 6.61 Å². The standard InChI is InChI=1S/C16H18ClO3P/c1-2-20-21(17,18)13-15-10-6-7-11-16(15)19-12-14-8-4-3-5-9-14/h3-11H,2,12-13H2,1H3. The van der Waals surface area contributed by atoms with E-state index in [4.69, 9.17) is 20.5 Å². The fraction of sp³-hybridized carbons (Fsp3) is 0.250. The molecule has 0 spiro atoms. The maximum atomic E-state index is 12.1. The molecule has 0 fully saturated rings. The van der Waals surface area contributed by atoms with Crippen LogP contribution >= 0.6 is 18.0 Å². The Kier molecular flexibility index (Phi) is 5.86. The predicted molar refractivity (Wildman–Crippen MR) is 86.0 cm³/mol. The van der Waals surface area contributed by atoms with Crippen LogP contribution in [0, 0.1) is 0 Å². The summed E-state index contributed by atoms with van der Waals surface area (Å²) in [5, 5.41) is 0. The molecule has 3 nitrogen and oxygen atoms in total. The lowest BCUT2D eigenvalue weighted by atomic mass is 10.2. The summed E-state index contributed by atoms with van der Waals surface area (Å²) in [4.78, 5) is 0. The van der Waals surface area contributed by atoms with E-state index in [1.807, 2.05) is 54.6 Å². The first kappa shape index (κ1) is 16.1. The van der Waals surface area contributed by atoms with Crippen LogP contribution in [0.1, 0.15) is 18.1 Å². The number of hydrogen-bond donors (Lipinski definition) is 0. The van der Waals surface area contributed by atoms with Crippen molar-refractivity contribution in [2.24, 2.45) is 0 Å². The fourth-order valence-corrected chi connectivity index (χ4v) is 3.78. The molecule has 5 heteroatoms. The van der Waals surface area contributed by atoms with Crippen LogP contribution in [0.5, 0.6) is 5.75 Å². The summed E-state index contributed by atoms with van der Waals surface area (Å²) in [5.74, 6) is 0.682. The van der Waals surface area contributed by atoms with Crippen LogP contribution in [-0.4, -0.2) is 6.61 Å². The molecule has 2 rings (SSSR count). The second-order valence-electron chi connectivity index (χ2n) is 4.55. The molecular weight excluding hydrogens is 307 g/mol. The Bertz CT molecular complexity index is 616. The van der Waals surface area contributed by atoms with E-state index in [1.54, 1.807) is 6.92 Å². The Labute approximate surface area is 130 Å². The van der Waals surface area contributed by atoms with E-state index in [9.17, 15) is 4.57 Å². The molecule has 0 aliphatic carbocycles. The summed E-state index contributed by atoms with van der Waals surface area (Å²) in [6.07, 6.45) is 0.160. The minimum atomic E-state index is -3.14. The van der Waals surface area contributed by atoms with E-state index in [0.717, 1.165) is 11.1 Å². The fourth-order valence-electron chi connectivity index (χ4n) is 1.95. The van der Waals surface area contributed by atoms with E-state index >= 15 is 0 Å². The Hall–Kier alpha value is -1.28. The van der Waals surface area contributed by atoms with E-state index in [0.29, 0.717) is 19.0 Å². The smallest absolute Gasteiger partial charge is 0.294 e. The highest BCUT2D eigenvalue weighted by atomic mass is 35.7. The van der Waals surface area contributed by atoms with Gasteiger partial charge in [-0.1, -0.05) is 48.5 Å². The molecule has 1 atom stereocenters. The topological polar surface area (TPSA) is 35.5 Å². The monoisotopic (exact) mass is 324 g/mol.